The molecule has 0 radical (unpaired) electrons. The number of thiol groups is 2. The maximum absolute atomic E-state index is 9.47. The molecule has 19 heavy (non-hydrogen) atoms. The molecule has 0 saturated heterocycles. The van der Waals surface area contributed by atoms with E-state index < -0.39 is 6.09 Å². The van der Waals surface area contributed by atoms with Crippen LogP contribution in [-0.2, 0) is 0 Å². The highest BCUT2D eigenvalue weighted by Gasteiger charge is 1.95. The van der Waals surface area contributed by atoms with Crippen molar-refractivity contribution in [3.63, 3.8) is 0 Å². The Balaban J connectivity index is 0.000000404. The first kappa shape index (κ1) is 18.2. The van der Waals surface area contributed by atoms with Gasteiger partial charge in [-0.25, -0.2) is 4.79 Å². The summed E-state index contributed by atoms with van der Waals surface area (Å²) in [5.41, 5.74) is 2.55. The van der Waals surface area contributed by atoms with E-state index in [9.17, 15) is 4.79 Å². The van der Waals surface area contributed by atoms with Crippen molar-refractivity contribution in [3.8, 4) is 11.1 Å². The van der Waals surface area contributed by atoms with Gasteiger partial charge in [0.25, 0.3) is 0 Å². The summed E-state index contributed by atoms with van der Waals surface area (Å²) in [5.74, 6) is 0. The lowest BCUT2D eigenvalue weighted by atomic mass is 10.1. The maximum Gasteiger partial charge on any atom is 0.427 e. The van der Waals surface area contributed by atoms with E-state index in [2.05, 4.69) is 74.2 Å². The zero-order valence-corrected chi connectivity index (χ0v) is 11.3. The van der Waals surface area contributed by atoms with Crippen LogP contribution in [-0.4, -0.2) is 38.0 Å². The minimum atomic E-state index is -1.18. The number of amides is 1. The van der Waals surface area contributed by atoms with E-state index in [0.29, 0.717) is 3.71 Å². The number of hydrogen-bond donors (Lipinski definition) is 3. The zero-order chi connectivity index (χ0) is 13.4. The molecular weight excluding hydrogens is 291 g/mol. The van der Waals surface area contributed by atoms with E-state index in [0.717, 1.165) is 0 Å². The molecule has 2 aromatic rings. The minimum Gasteiger partial charge on any atom is -0.464 e. The molecule has 3 nitrogen and oxygen atoms in total. The molecule has 0 spiro atoms. The molecule has 1 N–H and O–H groups in total. The van der Waals surface area contributed by atoms with Crippen molar-refractivity contribution in [1.82, 2.24) is 3.71 Å². The SMILES string of the molecule is O=C(O)N(S)S.[MgH2].c1ccc(-c2ccccc2)cc1. The molecule has 0 heterocycles. The summed E-state index contributed by atoms with van der Waals surface area (Å²) in [5, 5.41) is 7.76. The lowest BCUT2D eigenvalue weighted by molar-refractivity contribution is 0.191. The summed E-state index contributed by atoms with van der Waals surface area (Å²) in [6, 6.07) is 20.8. The highest BCUT2D eigenvalue weighted by molar-refractivity contribution is 7.94. The molecule has 0 aliphatic carbocycles. The van der Waals surface area contributed by atoms with Gasteiger partial charge < -0.3 is 5.11 Å². The monoisotopic (exact) mass is 305 g/mol. The summed E-state index contributed by atoms with van der Waals surface area (Å²) in [7, 11) is 0. The fourth-order valence-electron chi connectivity index (χ4n) is 1.26. The predicted octanol–water partition coefficient (Wildman–Crippen LogP) is 3.09. The molecule has 6 heteroatoms. The Morgan fingerprint density at radius 1 is 0.842 bits per heavy atom. The highest BCUT2D eigenvalue weighted by atomic mass is 32.2. The Morgan fingerprint density at radius 2 is 1.11 bits per heavy atom. The highest BCUT2D eigenvalue weighted by Crippen LogP contribution is 2.17. The lowest BCUT2D eigenvalue weighted by Gasteiger charge is -1.98. The summed E-state index contributed by atoms with van der Waals surface area (Å²) in [6.07, 6.45) is -1.18. The van der Waals surface area contributed by atoms with Crippen molar-refractivity contribution in [2.24, 2.45) is 0 Å². The van der Waals surface area contributed by atoms with Crippen LogP contribution in [0, 0.1) is 0 Å². The van der Waals surface area contributed by atoms with Crippen LogP contribution in [0.5, 0.6) is 0 Å². The van der Waals surface area contributed by atoms with E-state index in [1.54, 1.807) is 0 Å². The fourth-order valence-corrected chi connectivity index (χ4v) is 1.26. The van der Waals surface area contributed by atoms with Crippen LogP contribution in [0.4, 0.5) is 4.79 Å². The molecule has 1 amide bonds. The van der Waals surface area contributed by atoms with Crippen molar-refractivity contribution < 1.29 is 9.90 Å². The minimum absolute atomic E-state index is 0. The number of nitrogens with zero attached hydrogens (tertiary/aromatic N) is 1. The fraction of sp³-hybridized carbons (Fsp3) is 0. The van der Waals surface area contributed by atoms with Crippen LogP contribution in [0.3, 0.4) is 0 Å². The molecule has 0 unspecified atom stereocenters. The van der Waals surface area contributed by atoms with Gasteiger partial charge in [0.2, 0.25) is 0 Å². The van der Waals surface area contributed by atoms with Crippen molar-refractivity contribution in [1.29, 1.82) is 0 Å². The van der Waals surface area contributed by atoms with Gasteiger partial charge >= 0.3 is 29.1 Å². The van der Waals surface area contributed by atoms with Gasteiger partial charge in [0.15, 0.2) is 0 Å². The molecular formula is C13H15MgNO2S2. The molecule has 0 aromatic heterocycles. The molecule has 0 bridgehead atoms. The number of benzene rings is 2. The number of rotatable bonds is 1. The van der Waals surface area contributed by atoms with Crippen LogP contribution in [0.1, 0.15) is 0 Å². The molecule has 98 valence electrons. The number of hydrogen-bond acceptors (Lipinski definition) is 3. The molecule has 0 saturated carbocycles. The summed E-state index contributed by atoms with van der Waals surface area (Å²) < 4.78 is 0.472. The van der Waals surface area contributed by atoms with Crippen LogP contribution in [0.25, 0.3) is 11.1 Å². The van der Waals surface area contributed by atoms with Gasteiger partial charge in [0, 0.05) is 0 Å². The summed E-state index contributed by atoms with van der Waals surface area (Å²) in [4.78, 5) is 9.47. The van der Waals surface area contributed by atoms with Crippen molar-refractivity contribution in [2.45, 2.75) is 0 Å². The third-order valence-electron chi connectivity index (χ3n) is 2.05. The third kappa shape index (κ3) is 7.36. The van der Waals surface area contributed by atoms with Gasteiger partial charge in [-0.05, 0) is 36.8 Å². The van der Waals surface area contributed by atoms with Gasteiger partial charge in [0.1, 0.15) is 0 Å². The largest absolute Gasteiger partial charge is 0.464 e. The number of carbonyl (C=O) groups is 1. The topological polar surface area (TPSA) is 40.5 Å². The van der Waals surface area contributed by atoms with Crippen molar-refractivity contribution in [2.75, 3.05) is 0 Å². The Morgan fingerprint density at radius 3 is 1.32 bits per heavy atom. The van der Waals surface area contributed by atoms with Gasteiger partial charge in [-0.3, -0.25) is 0 Å². The van der Waals surface area contributed by atoms with E-state index in [4.69, 9.17) is 5.11 Å². The second kappa shape index (κ2) is 10.0. The molecule has 0 fully saturated rings. The molecule has 0 aliphatic rings. The van der Waals surface area contributed by atoms with Gasteiger partial charge in [-0.1, -0.05) is 60.7 Å². The summed E-state index contributed by atoms with van der Waals surface area (Å²) >= 11 is 6.58. The second-order valence-electron chi connectivity index (χ2n) is 3.30. The Labute approximate surface area is 139 Å². The summed E-state index contributed by atoms with van der Waals surface area (Å²) in [6.45, 7) is 0. The Kier molecular flexibility index (Phi) is 9.59. The van der Waals surface area contributed by atoms with Crippen LogP contribution >= 0.6 is 25.6 Å². The normalized spacial score (nSPS) is 8.53. The van der Waals surface area contributed by atoms with E-state index >= 15 is 0 Å². The first-order valence-electron chi connectivity index (χ1n) is 5.12. The van der Waals surface area contributed by atoms with E-state index in [1.165, 1.54) is 11.1 Å². The standard InChI is InChI=1S/C12H10.CH3NO2S2.Mg.2H/c1-3-7-11(8-4-1)12-9-5-2-6-10-12;3-1(4)2(5)6;;;/h1-10H;5-6H,(H,3,4);;;. The zero-order valence-electron chi connectivity index (χ0n) is 9.47. The molecule has 0 aliphatic heterocycles. The van der Waals surface area contributed by atoms with E-state index in [-0.39, 0.29) is 23.1 Å². The van der Waals surface area contributed by atoms with Gasteiger partial charge in [-0.15, -0.1) is 0 Å². The average molecular weight is 306 g/mol. The van der Waals surface area contributed by atoms with Gasteiger partial charge in [-0.2, -0.15) is 3.71 Å². The second-order valence-corrected chi connectivity index (χ2v) is 4.42. The van der Waals surface area contributed by atoms with E-state index in [1.807, 2.05) is 12.1 Å². The predicted molar refractivity (Wildman–Crippen MR) is 88.3 cm³/mol. The first-order chi connectivity index (χ1) is 8.61. The first-order valence-corrected chi connectivity index (χ1v) is 5.92. The Hall–Kier alpha value is -0.824. The molecule has 0 atom stereocenters. The molecule has 2 aromatic carbocycles. The average Bonchev–Trinajstić information content (AvgIpc) is 2.41. The van der Waals surface area contributed by atoms with Crippen LogP contribution < -0.4 is 0 Å². The molecule has 2 rings (SSSR count). The third-order valence-corrected chi connectivity index (χ3v) is 2.39. The quantitative estimate of drug-likeness (QED) is 0.560. The van der Waals surface area contributed by atoms with Crippen LogP contribution in [0.2, 0.25) is 0 Å². The number of carboxylic acid groups (broad SMARTS) is 1. The van der Waals surface area contributed by atoms with Crippen molar-refractivity contribution in [3.05, 3.63) is 60.7 Å². The lowest BCUT2D eigenvalue weighted by Crippen LogP contribution is -2.05. The van der Waals surface area contributed by atoms with Crippen molar-refractivity contribution >= 4 is 54.8 Å². The van der Waals surface area contributed by atoms with Crippen LogP contribution in [0.15, 0.2) is 60.7 Å². The maximum atomic E-state index is 9.47. The van der Waals surface area contributed by atoms with Gasteiger partial charge in [0.05, 0.1) is 0 Å². The Bertz CT molecular complexity index is 443. The smallest absolute Gasteiger partial charge is 0.427 e.